The van der Waals surface area contributed by atoms with Crippen LogP contribution in [0.4, 0.5) is 8.78 Å². The second-order valence-corrected chi connectivity index (χ2v) is 4.77. The van der Waals surface area contributed by atoms with E-state index in [1.165, 1.54) is 6.92 Å². The number of aryl methyl sites for hydroxylation is 1. The lowest BCUT2D eigenvalue weighted by molar-refractivity contribution is -0.171. The average molecular weight is 296 g/mol. The van der Waals surface area contributed by atoms with E-state index >= 15 is 0 Å². The Bertz CT molecular complexity index is 638. The van der Waals surface area contributed by atoms with Crippen molar-refractivity contribution in [2.45, 2.75) is 39.2 Å². The second-order valence-electron chi connectivity index (χ2n) is 4.77. The molecular formula is C15H18F2N2O2. The molecule has 2 aromatic rings. The second kappa shape index (κ2) is 6.20. The number of rotatable bonds is 6. The van der Waals surface area contributed by atoms with E-state index < -0.39 is 18.3 Å². The summed E-state index contributed by atoms with van der Waals surface area (Å²) in [5.41, 5.74) is 1.45. The van der Waals surface area contributed by atoms with Crippen LogP contribution in [0.25, 0.3) is 11.0 Å². The first-order chi connectivity index (χ1) is 9.99. The highest BCUT2D eigenvalue weighted by molar-refractivity contribution is 5.79. The van der Waals surface area contributed by atoms with E-state index in [0.29, 0.717) is 12.1 Å². The number of imidazole rings is 1. The van der Waals surface area contributed by atoms with Crippen LogP contribution in [-0.4, -0.2) is 28.0 Å². The minimum Gasteiger partial charge on any atom is -0.462 e. The number of esters is 1. The molecule has 0 fully saturated rings. The SMILES string of the molecule is CCCn1c(CC(F)(F)C(=O)OCC)nc2ccccc21. The maximum absolute atomic E-state index is 13.9. The zero-order chi connectivity index (χ0) is 15.5. The zero-order valence-corrected chi connectivity index (χ0v) is 12.1. The number of fused-ring (bicyclic) bond motifs is 1. The first-order valence-electron chi connectivity index (χ1n) is 6.98. The maximum atomic E-state index is 13.9. The topological polar surface area (TPSA) is 44.1 Å². The number of hydrogen-bond donors (Lipinski definition) is 0. The Balaban J connectivity index is 2.37. The van der Waals surface area contributed by atoms with Crippen molar-refractivity contribution in [3.05, 3.63) is 30.1 Å². The third kappa shape index (κ3) is 3.20. The summed E-state index contributed by atoms with van der Waals surface area (Å²) in [6, 6.07) is 7.25. The molecule has 0 N–H and O–H groups in total. The van der Waals surface area contributed by atoms with Crippen LogP contribution in [0.15, 0.2) is 24.3 Å². The molecule has 0 aliphatic carbocycles. The van der Waals surface area contributed by atoms with Gasteiger partial charge in [0.05, 0.1) is 24.1 Å². The van der Waals surface area contributed by atoms with E-state index in [1.54, 1.807) is 16.7 Å². The van der Waals surface area contributed by atoms with Crippen molar-refractivity contribution in [3.63, 3.8) is 0 Å². The summed E-state index contributed by atoms with van der Waals surface area (Å²) in [6.07, 6.45) is 0.0405. The van der Waals surface area contributed by atoms with Gasteiger partial charge in [0.25, 0.3) is 0 Å². The van der Waals surface area contributed by atoms with Crippen molar-refractivity contribution in [2.24, 2.45) is 0 Å². The van der Waals surface area contributed by atoms with Gasteiger partial charge < -0.3 is 9.30 Å². The van der Waals surface area contributed by atoms with Crippen LogP contribution in [0.1, 0.15) is 26.1 Å². The average Bonchev–Trinajstić information content (AvgIpc) is 2.77. The molecule has 0 spiro atoms. The Labute approximate surface area is 121 Å². The van der Waals surface area contributed by atoms with Gasteiger partial charge in [-0.15, -0.1) is 0 Å². The van der Waals surface area contributed by atoms with Crippen LogP contribution < -0.4 is 0 Å². The molecule has 0 saturated carbocycles. The highest BCUT2D eigenvalue weighted by atomic mass is 19.3. The van der Waals surface area contributed by atoms with Crippen molar-refractivity contribution < 1.29 is 18.3 Å². The third-order valence-corrected chi connectivity index (χ3v) is 3.14. The predicted octanol–water partition coefficient (Wildman–Crippen LogP) is 3.19. The molecule has 0 radical (unpaired) electrons. The maximum Gasteiger partial charge on any atom is 0.377 e. The fourth-order valence-corrected chi connectivity index (χ4v) is 2.24. The summed E-state index contributed by atoms with van der Waals surface area (Å²) >= 11 is 0. The van der Waals surface area contributed by atoms with Crippen molar-refractivity contribution in [1.29, 1.82) is 0 Å². The van der Waals surface area contributed by atoms with Crippen LogP contribution in [0.3, 0.4) is 0 Å². The summed E-state index contributed by atoms with van der Waals surface area (Å²) in [7, 11) is 0. The molecule has 2 rings (SSSR count). The molecule has 114 valence electrons. The van der Waals surface area contributed by atoms with Gasteiger partial charge in [0.15, 0.2) is 0 Å². The van der Waals surface area contributed by atoms with Crippen LogP contribution in [0.2, 0.25) is 0 Å². The summed E-state index contributed by atoms with van der Waals surface area (Å²) in [5.74, 6) is -4.86. The first-order valence-corrected chi connectivity index (χ1v) is 6.98. The number of aromatic nitrogens is 2. The lowest BCUT2D eigenvalue weighted by atomic mass is 10.2. The van der Waals surface area contributed by atoms with E-state index in [2.05, 4.69) is 9.72 Å². The Morgan fingerprint density at radius 2 is 2.05 bits per heavy atom. The minimum atomic E-state index is -3.57. The number of halogens is 2. The smallest absolute Gasteiger partial charge is 0.377 e. The molecule has 0 bridgehead atoms. The van der Waals surface area contributed by atoms with Gasteiger partial charge in [0, 0.05) is 6.54 Å². The van der Waals surface area contributed by atoms with E-state index in [-0.39, 0.29) is 12.4 Å². The fourth-order valence-electron chi connectivity index (χ4n) is 2.24. The van der Waals surface area contributed by atoms with Gasteiger partial charge in [-0.25, -0.2) is 9.78 Å². The molecule has 0 amide bonds. The Hall–Kier alpha value is -1.98. The summed E-state index contributed by atoms with van der Waals surface area (Å²) < 4.78 is 34.0. The van der Waals surface area contributed by atoms with Gasteiger partial charge in [-0.2, -0.15) is 8.78 Å². The van der Waals surface area contributed by atoms with E-state index in [9.17, 15) is 13.6 Å². The molecule has 0 atom stereocenters. The molecular weight excluding hydrogens is 278 g/mol. The molecule has 0 aliphatic heterocycles. The minimum absolute atomic E-state index is 0.0696. The standard InChI is InChI=1S/C15H18F2N2O2/c1-3-9-19-12-8-6-5-7-11(12)18-13(19)10-15(16,17)14(20)21-4-2/h5-8H,3-4,9-10H2,1-2H3. The Morgan fingerprint density at radius 3 is 2.71 bits per heavy atom. The monoisotopic (exact) mass is 296 g/mol. The van der Waals surface area contributed by atoms with Gasteiger partial charge in [-0.05, 0) is 25.5 Å². The van der Waals surface area contributed by atoms with E-state index in [4.69, 9.17) is 0 Å². The molecule has 1 aromatic carbocycles. The lowest BCUT2D eigenvalue weighted by Gasteiger charge is -2.15. The first kappa shape index (κ1) is 15.4. The van der Waals surface area contributed by atoms with Gasteiger partial charge in [-0.3, -0.25) is 0 Å². The van der Waals surface area contributed by atoms with Gasteiger partial charge in [-0.1, -0.05) is 19.1 Å². The number of carbonyl (C=O) groups is 1. The fraction of sp³-hybridized carbons (Fsp3) is 0.467. The van der Waals surface area contributed by atoms with Crippen LogP contribution in [-0.2, 0) is 22.5 Å². The molecule has 4 nitrogen and oxygen atoms in total. The van der Waals surface area contributed by atoms with Crippen molar-refractivity contribution >= 4 is 17.0 Å². The third-order valence-electron chi connectivity index (χ3n) is 3.14. The largest absolute Gasteiger partial charge is 0.462 e. The van der Waals surface area contributed by atoms with Crippen LogP contribution in [0, 0.1) is 0 Å². The predicted molar refractivity (Wildman–Crippen MR) is 75.3 cm³/mol. The summed E-state index contributed by atoms with van der Waals surface area (Å²) in [4.78, 5) is 15.6. The number of hydrogen-bond acceptors (Lipinski definition) is 3. The van der Waals surface area contributed by atoms with Gasteiger partial charge in [0.2, 0.25) is 0 Å². The molecule has 0 aliphatic rings. The summed E-state index contributed by atoms with van der Waals surface area (Å²) in [6.45, 7) is 3.97. The number of ether oxygens (including phenoxy) is 1. The molecule has 0 unspecified atom stereocenters. The van der Waals surface area contributed by atoms with Crippen LogP contribution >= 0.6 is 0 Å². The molecule has 1 aromatic heterocycles. The number of nitrogens with zero attached hydrogens (tertiary/aromatic N) is 2. The van der Waals surface area contributed by atoms with Crippen molar-refractivity contribution in [1.82, 2.24) is 9.55 Å². The normalized spacial score (nSPS) is 11.8. The molecule has 6 heteroatoms. The van der Waals surface area contributed by atoms with Gasteiger partial charge in [0.1, 0.15) is 5.82 Å². The lowest BCUT2D eigenvalue weighted by Crippen LogP contribution is -2.34. The van der Waals surface area contributed by atoms with Crippen molar-refractivity contribution in [3.8, 4) is 0 Å². The molecule has 21 heavy (non-hydrogen) atoms. The Kier molecular flexibility index (Phi) is 4.55. The number of alkyl halides is 2. The number of carbonyl (C=O) groups excluding carboxylic acids is 1. The van der Waals surface area contributed by atoms with E-state index in [1.807, 2.05) is 19.1 Å². The molecule has 1 heterocycles. The van der Waals surface area contributed by atoms with Crippen molar-refractivity contribution in [2.75, 3.05) is 6.61 Å². The quantitative estimate of drug-likeness (QED) is 0.769. The van der Waals surface area contributed by atoms with Crippen LogP contribution in [0.5, 0.6) is 0 Å². The highest BCUT2D eigenvalue weighted by Crippen LogP contribution is 2.25. The van der Waals surface area contributed by atoms with Gasteiger partial charge >= 0.3 is 11.9 Å². The highest BCUT2D eigenvalue weighted by Gasteiger charge is 2.42. The number of para-hydroxylation sites is 2. The Morgan fingerprint density at radius 1 is 1.33 bits per heavy atom. The molecule has 0 saturated heterocycles. The zero-order valence-electron chi connectivity index (χ0n) is 12.1. The van der Waals surface area contributed by atoms with E-state index in [0.717, 1.165) is 11.9 Å². The number of benzene rings is 1. The summed E-state index contributed by atoms with van der Waals surface area (Å²) in [5, 5.41) is 0.